The lowest BCUT2D eigenvalue weighted by Crippen LogP contribution is -2.58. The van der Waals surface area contributed by atoms with Gasteiger partial charge in [0.25, 0.3) is 0 Å². The molecule has 0 bridgehead atoms. The Morgan fingerprint density at radius 2 is 1.60 bits per heavy atom. The van der Waals surface area contributed by atoms with Crippen LogP contribution in [-0.4, -0.2) is 22.1 Å². The standard InChI is InChI=1S/C16H22FNO2/c1-15(2)10-5-11-16(3,4)18(15)20-14(19)12-6-8-13(17)9-7-12/h6-9H,5,10-11H2,1-4H3. The van der Waals surface area contributed by atoms with Crippen molar-refractivity contribution in [2.45, 2.75) is 58.0 Å². The first-order valence-corrected chi connectivity index (χ1v) is 7.01. The van der Waals surface area contributed by atoms with Crippen LogP contribution in [0.5, 0.6) is 0 Å². The Balaban J connectivity index is 2.18. The van der Waals surface area contributed by atoms with Crippen molar-refractivity contribution in [3.8, 4) is 0 Å². The third-order valence-electron chi connectivity index (χ3n) is 3.93. The second-order valence-electron chi connectivity index (χ2n) is 6.66. The van der Waals surface area contributed by atoms with Crippen LogP contribution in [0.2, 0.25) is 0 Å². The lowest BCUT2D eigenvalue weighted by Gasteiger charge is -2.50. The van der Waals surface area contributed by atoms with Crippen LogP contribution < -0.4 is 0 Å². The van der Waals surface area contributed by atoms with Gasteiger partial charge in [0.1, 0.15) is 5.82 Å². The van der Waals surface area contributed by atoms with Crippen molar-refractivity contribution in [1.29, 1.82) is 0 Å². The summed E-state index contributed by atoms with van der Waals surface area (Å²) < 4.78 is 12.9. The molecule has 0 saturated carbocycles. The van der Waals surface area contributed by atoms with Crippen LogP contribution in [0.15, 0.2) is 24.3 Å². The molecule has 4 heteroatoms. The molecule has 110 valence electrons. The van der Waals surface area contributed by atoms with E-state index in [1.54, 1.807) is 5.06 Å². The van der Waals surface area contributed by atoms with Crippen molar-refractivity contribution in [1.82, 2.24) is 5.06 Å². The molecule has 0 aliphatic carbocycles. The van der Waals surface area contributed by atoms with Crippen LogP contribution in [0.4, 0.5) is 4.39 Å². The monoisotopic (exact) mass is 279 g/mol. The summed E-state index contributed by atoms with van der Waals surface area (Å²) in [5.74, 6) is -0.798. The van der Waals surface area contributed by atoms with Crippen molar-refractivity contribution in [3.05, 3.63) is 35.6 Å². The predicted octanol–water partition coefficient (Wildman–Crippen LogP) is 3.94. The highest BCUT2D eigenvalue weighted by Gasteiger charge is 2.44. The normalized spacial score (nSPS) is 21.4. The van der Waals surface area contributed by atoms with Gasteiger partial charge in [-0.1, -0.05) is 0 Å². The van der Waals surface area contributed by atoms with Gasteiger partial charge >= 0.3 is 5.97 Å². The summed E-state index contributed by atoms with van der Waals surface area (Å²) >= 11 is 0. The van der Waals surface area contributed by atoms with E-state index in [-0.39, 0.29) is 16.9 Å². The molecule has 1 fully saturated rings. The number of rotatable bonds is 2. The molecule has 0 atom stereocenters. The van der Waals surface area contributed by atoms with Crippen molar-refractivity contribution < 1.29 is 14.0 Å². The molecule has 0 amide bonds. The summed E-state index contributed by atoms with van der Waals surface area (Å²) in [7, 11) is 0. The minimum Gasteiger partial charge on any atom is -0.363 e. The molecule has 1 aromatic carbocycles. The van der Waals surface area contributed by atoms with Crippen molar-refractivity contribution in [3.63, 3.8) is 0 Å². The number of halogens is 1. The van der Waals surface area contributed by atoms with Gasteiger partial charge in [0, 0.05) is 0 Å². The first-order valence-electron chi connectivity index (χ1n) is 7.01. The van der Waals surface area contributed by atoms with E-state index in [1.807, 2.05) is 0 Å². The molecule has 0 spiro atoms. The highest BCUT2D eigenvalue weighted by atomic mass is 19.1. The molecule has 1 saturated heterocycles. The van der Waals surface area contributed by atoms with Crippen molar-refractivity contribution in [2.24, 2.45) is 0 Å². The summed E-state index contributed by atoms with van der Waals surface area (Å²) in [6.45, 7) is 8.30. The highest BCUT2D eigenvalue weighted by Crippen LogP contribution is 2.38. The number of carbonyl (C=O) groups is 1. The van der Waals surface area contributed by atoms with Crippen LogP contribution >= 0.6 is 0 Å². The quantitative estimate of drug-likeness (QED) is 0.821. The third kappa shape index (κ3) is 3.01. The Morgan fingerprint density at radius 3 is 2.10 bits per heavy atom. The molecule has 20 heavy (non-hydrogen) atoms. The summed E-state index contributed by atoms with van der Waals surface area (Å²) in [4.78, 5) is 17.8. The van der Waals surface area contributed by atoms with E-state index in [9.17, 15) is 9.18 Å². The number of carbonyl (C=O) groups excluding carboxylic acids is 1. The van der Waals surface area contributed by atoms with Crippen LogP contribution in [0, 0.1) is 5.82 Å². The molecule has 2 rings (SSSR count). The molecule has 1 aliphatic heterocycles. The van der Waals surface area contributed by atoms with E-state index in [0.717, 1.165) is 19.3 Å². The van der Waals surface area contributed by atoms with Gasteiger partial charge in [-0.25, -0.2) is 9.18 Å². The molecular weight excluding hydrogens is 257 g/mol. The molecular formula is C16H22FNO2. The second-order valence-corrected chi connectivity index (χ2v) is 6.66. The summed E-state index contributed by atoms with van der Waals surface area (Å²) in [5, 5.41) is 1.80. The highest BCUT2D eigenvalue weighted by molar-refractivity contribution is 5.89. The summed E-state index contributed by atoms with van der Waals surface area (Å²) in [5.41, 5.74) is -0.0295. The lowest BCUT2D eigenvalue weighted by molar-refractivity contribution is -0.240. The molecule has 1 aliphatic rings. The Bertz CT molecular complexity index is 478. The van der Waals surface area contributed by atoms with E-state index in [2.05, 4.69) is 27.7 Å². The largest absolute Gasteiger partial charge is 0.363 e. The van der Waals surface area contributed by atoms with Crippen molar-refractivity contribution in [2.75, 3.05) is 0 Å². The first kappa shape index (κ1) is 15.0. The fourth-order valence-corrected chi connectivity index (χ4v) is 2.94. The van der Waals surface area contributed by atoms with Crippen LogP contribution in [0.3, 0.4) is 0 Å². The zero-order valence-corrected chi connectivity index (χ0v) is 12.6. The maximum absolute atomic E-state index is 12.9. The number of benzene rings is 1. The lowest BCUT2D eigenvalue weighted by atomic mass is 9.82. The molecule has 1 heterocycles. The van der Waals surface area contributed by atoms with Crippen LogP contribution in [0.25, 0.3) is 0 Å². The number of hydrogen-bond acceptors (Lipinski definition) is 3. The zero-order chi connectivity index (χ0) is 15.0. The summed E-state index contributed by atoms with van der Waals surface area (Å²) in [6.07, 6.45) is 3.07. The van der Waals surface area contributed by atoms with Gasteiger partial charge in [-0.2, -0.15) is 0 Å². The maximum atomic E-state index is 12.9. The smallest absolute Gasteiger partial charge is 0.357 e. The van der Waals surface area contributed by atoms with E-state index in [0.29, 0.717) is 5.56 Å². The van der Waals surface area contributed by atoms with Gasteiger partial charge in [-0.3, -0.25) is 0 Å². The minimum atomic E-state index is -0.437. The Labute approximate surface area is 119 Å². The second kappa shape index (κ2) is 5.17. The van der Waals surface area contributed by atoms with E-state index < -0.39 is 5.97 Å². The van der Waals surface area contributed by atoms with Gasteiger partial charge in [-0.15, -0.1) is 5.06 Å². The maximum Gasteiger partial charge on any atom is 0.357 e. The van der Waals surface area contributed by atoms with Gasteiger partial charge in [0.15, 0.2) is 0 Å². The van der Waals surface area contributed by atoms with Gasteiger partial charge in [0.05, 0.1) is 16.6 Å². The fourth-order valence-electron chi connectivity index (χ4n) is 2.94. The van der Waals surface area contributed by atoms with Crippen LogP contribution in [0.1, 0.15) is 57.3 Å². The average Bonchev–Trinajstić information content (AvgIpc) is 2.34. The van der Waals surface area contributed by atoms with E-state index in [4.69, 9.17) is 4.84 Å². The SMILES string of the molecule is CC1(C)CCCC(C)(C)N1OC(=O)c1ccc(F)cc1. The Hall–Kier alpha value is -1.42. The average molecular weight is 279 g/mol. The third-order valence-corrected chi connectivity index (χ3v) is 3.93. The van der Waals surface area contributed by atoms with E-state index >= 15 is 0 Å². The number of hydroxylamine groups is 2. The topological polar surface area (TPSA) is 29.5 Å². The number of piperidine rings is 1. The Kier molecular flexibility index (Phi) is 3.87. The summed E-state index contributed by atoms with van der Waals surface area (Å²) in [6, 6.07) is 5.43. The zero-order valence-electron chi connectivity index (χ0n) is 12.6. The van der Waals surface area contributed by atoms with Gasteiger partial charge in [-0.05, 0) is 71.2 Å². The molecule has 0 radical (unpaired) electrons. The molecule has 1 aromatic rings. The first-order chi connectivity index (χ1) is 9.22. The minimum absolute atomic E-state index is 0.197. The van der Waals surface area contributed by atoms with Crippen LogP contribution in [-0.2, 0) is 4.84 Å². The molecule has 0 unspecified atom stereocenters. The van der Waals surface area contributed by atoms with Gasteiger partial charge in [0.2, 0.25) is 0 Å². The molecule has 3 nitrogen and oxygen atoms in total. The fraction of sp³-hybridized carbons (Fsp3) is 0.562. The molecule has 0 N–H and O–H groups in total. The van der Waals surface area contributed by atoms with Gasteiger partial charge < -0.3 is 4.84 Å². The molecule has 0 aromatic heterocycles. The number of hydrogen-bond donors (Lipinski definition) is 0. The predicted molar refractivity (Wildman–Crippen MR) is 75.7 cm³/mol. The van der Waals surface area contributed by atoms with E-state index in [1.165, 1.54) is 24.3 Å². The van der Waals surface area contributed by atoms with Crippen molar-refractivity contribution >= 4 is 5.97 Å². The Morgan fingerprint density at radius 1 is 1.10 bits per heavy atom. The number of nitrogens with zero attached hydrogens (tertiary/aromatic N) is 1.